The summed E-state index contributed by atoms with van der Waals surface area (Å²) in [5.41, 5.74) is 2.91. The Morgan fingerprint density at radius 1 is 0.879 bits per heavy atom. The molecule has 3 aromatic carbocycles. The summed E-state index contributed by atoms with van der Waals surface area (Å²) in [5.74, 6) is -0.581. The highest BCUT2D eigenvalue weighted by molar-refractivity contribution is 5.78. The van der Waals surface area contributed by atoms with Crippen molar-refractivity contribution >= 4 is 11.9 Å². The van der Waals surface area contributed by atoms with Gasteiger partial charge in [0.05, 0.1) is 6.04 Å². The van der Waals surface area contributed by atoms with Crippen LogP contribution in [0.1, 0.15) is 29.7 Å². The van der Waals surface area contributed by atoms with E-state index in [2.05, 4.69) is 0 Å². The maximum atomic E-state index is 13.2. The van der Waals surface area contributed by atoms with Crippen molar-refractivity contribution in [3.05, 3.63) is 102 Å². The molecule has 0 saturated heterocycles. The lowest BCUT2D eigenvalue weighted by Gasteiger charge is -2.30. The summed E-state index contributed by atoms with van der Waals surface area (Å²) in [6.45, 7) is 2.39. The molecule has 0 aliphatic heterocycles. The molecule has 0 aliphatic carbocycles. The highest BCUT2D eigenvalue weighted by Gasteiger charge is 2.22. The van der Waals surface area contributed by atoms with E-state index in [1.165, 1.54) is 7.11 Å². The number of methoxy groups -OCH3 is 1. The smallest absolute Gasteiger partial charge is 0.333 e. The predicted octanol–water partition coefficient (Wildman–Crippen LogP) is 4.50. The van der Waals surface area contributed by atoms with Crippen LogP contribution in [0.3, 0.4) is 0 Å². The van der Waals surface area contributed by atoms with Gasteiger partial charge in [0.15, 0.2) is 12.7 Å². The molecule has 0 aromatic heterocycles. The molecule has 33 heavy (non-hydrogen) atoms. The normalized spacial score (nSPS) is 12.5. The van der Waals surface area contributed by atoms with Crippen LogP contribution in [-0.2, 0) is 27.3 Å². The number of carboxylic acids is 1. The Morgan fingerprint density at radius 2 is 1.48 bits per heavy atom. The van der Waals surface area contributed by atoms with E-state index in [4.69, 9.17) is 14.6 Å². The topological polar surface area (TPSA) is 76.1 Å². The number of amides is 1. The van der Waals surface area contributed by atoms with E-state index in [0.29, 0.717) is 12.3 Å². The molecule has 0 fully saturated rings. The molecule has 0 heterocycles. The third kappa shape index (κ3) is 6.92. The zero-order valence-electron chi connectivity index (χ0n) is 18.9. The molecule has 2 atom stereocenters. The van der Waals surface area contributed by atoms with Gasteiger partial charge in [0.2, 0.25) is 0 Å². The van der Waals surface area contributed by atoms with E-state index >= 15 is 0 Å². The Labute approximate surface area is 194 Å². The SMILES string of the molecule is COC(Cc1ccc(OCC(=O)N(Cc2ccccc2)[C@H](C)c2ccccc2)cc1)C(=O)O. The molecule has 1 amide bonds. The van der Waals surface area contributed by atoms with Crippen molar-refractivity contribution in [3.8, 4) is 5.75 Å². The molecule has 0 radical (unpaired) electrons. The number of rotatable bonds is 11. The number of hydrogen-bond donors (Lipinski definition) is 1. The number of ether oxygens (including phenoxy) is 2. The number of carbonyl (C=O) groups excluding carboxylic acids is 1. The number of carbonyl (C=O) groups is 2. The lowest BCUT2D eigenvalue weighted by Crippen LogP contribution is -2.36. The van der Waals surface area contributed by atoms with Gasteiger partial charge in [0.25, 0.3) is 5.91 Å². The second kappa shape index (κ2) is 11.8. The largest absolute Gasteiger partial charge is 0.484 e. The number of hydrogen-bond acceptors (Lipinski definition) is 4. The molecular weight excluding hydrogens is 418 g/mol. The molecule has 1 unspecified atom stereocenters. The van der Waals surface area contributed by atoms with E-state index in [1.807, 2.05) is 72.5 Å². The Kier molecular flexibility index (Phi) is 8.61. The molecule has 0 aliphatic rings. The molecular formula is C27H29NO5. The van der Waals surface area contributed by atoms with E-state index in [0.717, 1.165) is 16.7 Å². The first-order chi connectivity index (χ1) is 16.0. The van der Waals surface area contributed by atoms with Crippen molar-refractivity contribution in [2.75, 3.05) is 13.7 Å². The maximum Gasteiger partial charge on any atom is 0.333 e. The minimum Gasteiger partial charge on any atom is -0.484 e. The molecule has 0 bridgehead atoms. The Balaban J connectivity index is 1.67. The summed E-state index contributed by atoms with van der Waals surface area (Å²) in [6.07, 6.45) is -0.644. The molecule has 3 rings (SSSR count). The first-order valence-corrected chi connectivity index (χ1v) is 10.8. The molecule has 6 nitrogen and oxygen atoms in total. The number of carboxylic acid groups (broad SMARTS) is 1. The van der Waals surface area contributed by atoms with Crippen LogP contribution in [0.15, 0.2) is 84.9 Å². The fraction of sp³-hybridized carbons (Fsp3) is 0.259. The molecule has 172 valence electrons. The van der Waals surface area contributed by atoms with Crippen LogP contribution < -0.4 is 4.74 Å². The first kappa shape index (κ1) is 24.0. The van der Waals surface area contributed by atoms with Gasteiger partial charge in [-0.2, -0.15) is 0 Å². The summed E-state index contributed by atoms with van der Waals surface area (Å²) >= 11 is 0. The molecule has 0 saturated carbocycles. The summed E-state index contributed by atoms with van der Waals surface area (Å²) in [7, 11) is 1.37. The fourth-order valence-electron chi connectivity index (χ4n) is 3.57. The quantitative estimate of drug-likeness (QED) is 0.468. The average molecular weight is 448 g/mol. The van der Waals surface area contributed by atoms with Crippen LogP contribution in [0.25, 0.3) is 0 Å². The van der Waals surface area contributed by atoms with E-state index in [-0.39, 0.29) is 25.0 Å². The van der Waals surface area contributed by atoms with Gasteiger partial charge in [-0.3, -0.25) is 4.79 Å². The standard InChI is InChI=1S/C27H29NO5/c1-20(23-11-7-4-8-12-23)28(18-22-9-5-3-6-10-22)26(29)19-33-24-15-13-21(14-16-24)17-25(32-2)27(30)31/h3-16,20,25H,17-19H2,1-2H3,(H,30,31)/t20-,25?/m1/s1. The van der Waals surface area contributed by atoms with Crippen LogP contribution in [0.4, 0.5) is 0 Å². The van der Waals surface area contributed by atoms with Gasteiger partial charge < -0.3 is 19.5 Å². The van der Waals surface area contributed by atoms with E-state index in [9.17, 15) is 9.59 Å². The zero-order valence-corrected chi connectivity index (χ0v) is 18.9. The number of nitrogens with zero attached hydrogens (tertiary/aromatic N) is 1. The van der Waals surface area contributed by atoms with Gasteiger partial charge in [0, 0.05) is 20.1 Å². The van der Waals surface area contributed by atoms with Crippen LogP contribution in [-0.4, -0.2) is 41.7 Å². The Hall–Kier alpha value is -3.64. The summed E-state index contributed by atoms with van der Waals surface area (Å²) in [6, 6.07) is 26.7. The van der Waals surface area contributed by atoms with E-state index < -0.39 is 12.1 Å². The van der Waals surface area contributed by atoms with Gasteiger partial charge in [-0.15, -0.1) is 0 Å². The van der Waals surface area contributed by atoms with Gasteiger partial charge in [-0.05, 0) is 35.7 Å². The lowest BCUT2D eigenvalue weighted by molar-refractivity contribution is -0.148. The second-order valence-electron chi connectivity index (χ2n) is 7.79. The summed E-state index contributed by atoms with van der Waals surface area (Å²) in [5, 5.41) is 9.13. The Bertz CT molecular complexity index is 1020. The van der Waals surface area contributed by atoms with E-state index in [1.54, 1.807) is 24.3 Å². The van der Waals surface area contributed by atoms with Gasteiger partial charge in [-0.25, -0.2) is 4.79 Å². The van der Waals surface area contributed by atoms with Crippen molar-refractivity contribution in [1.82, 2.24) is 4.90 Å². The molecule has 1 N–H and O–H groups in total. The third-order valence-corrected chi connectivity index (χ3v) is 5.53. The number of aliphatic carboxylic acids is 1. The first-order valence-electron chi connectivity index (χ1n) is 10.8. The maximum absolute atomic E-state index is 13.2. The summed E-state index contributed by atoms with van der Waals surface area (Å²) < 4.78 is 10.7. The highest BCUT2D eigenvalue weighted by Crippen LogP contribution is 2.23. The van der Waals surface area contributed by atoms with Gasteiger partial charge in [0.1, 0.15) is 5.75 Å². The average Bonchev–Trinajstić information content (AvgIpc) is 2.85. The summed E-state index contributed by atoms with van der Waals surface area (Å²) in [4.78, 5) is 26.1. The van der Waals surface area contributed by atoms with Crippen molar-refractivity contribution < 1.29 is 24.2 Å². The van der Waals surface area contributed by atoms with Gasteiger partial charge >= 0.3 is 5.97 Å². The van der Waals surface area contributed by atoms with Crippen molar-refractivity contribution in [1.29, 1.82) is 0 Å². The molecule has 3 aromatic rings. The van der Waals surface area contributed by atoms with Crippen LogP contribution in [0, 0.1) is 0 Å². The zero-order chi connectivity index (χ0) is 23.6. The number of benzene rings is 3. The lowest BCUT2D eigenvalue weighted by atomic mass is 10.1. The fourth-order valence-corrected chi connectivity index (χ4v) is 3.57. The van der Waals surface area contributed by atoms with Crippen molar-refractivity contribution in [3.63, 3.8) is 0 Å². The predicted molar refractivity (Wildman–Crippen MR) is 126 cm³/mol. The molecule has 6 heteroatoms. The second-order valence-corrected chi connectivity index (χ2v) is 7.79. The van der Waals surface area contributed by atoms with Gasteiger partial charge in [-0.1, -0.05) is 72.8 Å². The molecule has 0 spiro atoms. The Morgan fingerprint density at radius 3 is 2.06 bits per heavy atom. The van der Waals surface area contributed by atoms with Crippen LogP contribution >= 0.6 is 0 Å². The van der Waals surface area contributed by atoms with Crippen LogP contribution in [0.5, 0.6) is 5.75 Å². The highest BCUT2D eigenvalue weighted by atomic mass is 16.5. The minimum absolute atomic E-state index is 0.0980. The van der Waals surface area contributed by atoms with Crippen molar-refractivity contribution in [2.45, 2.75) is 32.0 Å². The third-order valence-electron chi connectivity index (χ3n) is 5.53. The van der Waals surface area contributed by atoms with Crippen molar-refractivity contribution in [2.24, 2.45) is 0 Å². The minimum atomic E-state index is -1.01. The van der Waals surface area contributed by atoms with Crippen LogP contribution in [0.2, 0.25) is 0 Å². The monoisotopic (exact) mass is 447 g/mol.